The Balaban J connectivity index is 1.77. The Kier molecular flexibility index (Phi) is 11.2. The number of halogens is 3. The molecule has 1 fully saturated rings. The van der Waals surface area contributed by atoms with Crippen LogP contribution in [0, 0.1) is 0 Å². The summed E-state index contributed by atoms with van der Waals surface area (Å²) < 4.78 is 32.5. The topological polar surface area (TPSA) is 96.0 Å². The van der Waals surface area contributed by atoms with Gasteiger partial charge in [-0.2, -0.15) is 0 Å². The molecular weight excluding hydrogens is 633 g/mol. The predicted molar refractivity (Wildman–Crippen MR) is 172 cm³/mol. The maximum atomic E-state index is 14.3. The zero-order valence-corrected chi connectivity index (χ0v) is 27.0. The van der Waals surface area contributed by atoms with Gasteiger partial charge in [-0.25, -0.2) is 8.42 Å². The maximum absolute atomic E-state index is 14.3. The van der Waals surface area contributed by atoms with E-state index in [0.717, 1.165) is 41.8 Å². The first-order valence-electron chi connectivity index (χ1n) is 13.8. The van der Waals surface area contributed by atoms with Gasteiger partial charge in [0.2, 0.25) is 21.8 Å². The van der Waals surface area contributed by atoms with Crippen molar-refractivity contribution >= 4 is 62.3 Å². The van der Waals surface area contributed by atoms with Gasteiger partial charge in [-0.05, 0) is 54.3 Å². The van der Waals surface area contributed by atoms with Crippen molar-refractivity contribution in [3.05, 3.63) is 92.9 Å². The Bertz CT molecular complexity index is 1550. The minimum atomic E-state index is -4.00. The second kappa shape index (κ2) is 14.7. The number of nitrogens with zero attached hydrogens (tertiary/aromatic N) is 2. The van der Waals surface area contributed by atoms with E-state index in [4.69, 9.17) is 39.5 Å². The van der Waals surface area contributed by atoms with Crippen molar-refractivity contribution in [2.75, 3.05) is 24.2 Å². The first-order chi connectivity index (χ1) is 20.5. The molecule has 0 spiro atoms. The fourth-order valence-corrected chi connectivity index (χ4v) is 6.54. The minimum absolute atomic E-state index is 0.0101. The van der Waals surface area contributed by atoms with Crippen LogP contribution in [-0.4, -0.2) is 57.1 Å². The molecule has 12 heteroatoms. The van der Waals surface area contributed by atoms with Gasteiger partial charge in [0.25, 0.3) is 0 Å². The van der Waals surface area contributed by atoms with Crippen LogP contribution < -0.4 is 14.4 Å². The first kappa shape index (κ1) is 32.9. The van der Waals surface area contributed by atoms with Crippen LogP contribution in [0.25, 0.3) is 0 Å². The number of amides is 2. The lowest BCUT2D eigenvalue weighted by atomic mass is 10.0. The van der Waals surface area contributed by atoms with Crippen LogP contribution >= 0.6 is 34.8 Å². The van der Waals surface area contributed by atoms with Gasteiger partial charge < -0.3 is 15.0 Å². The Morgan fingerprint density at radius 3 is 2.28 bits per heavy atom. The van der Waals surface area contributed by atoms with Crippen LogP contribution in [0.1, 0.15) is 36.8 Å². The van der Waals surface area contributed by atoms with Crippen molar-refractivity contribution in [1.82, 2.24) is 10.2 Å². The van der Waals surface area contributed by atoms with Crippen molar-refractivity contribution < 1.29 is 22.7 Å². The third-order valence-corrected chi connectivity index (χ3v) is 9.50. The lowest BCUT2D eigenvalue weighted by molar-refractivity contribution is -0.140. The standard InChI is InChI=1S/C31H34Cl3N3O5S/c1-42-29-15-13-23(32)18-27(29)37(43(2,40)41)20-30(38)36(19-22-12-14-25(33)26(34)16-22)28(17-21-8-4-3-5-9-21)31(39)35-24-10-6-7-11-24/h3-5,8-9,12-16,18,24,28H,6-7,10-11,17,19-20H2,1-2H3,(H,35,39). The molecule has 0 aliphatic heterocycles. The summed E-state index contributed by atoms with van der Waals surface area (Å²) in [4.78, 5) is 29.6. The molecule has 1 saturated carbocycles. The molecule has 1 aliphatic rings. The van der Waals surface area contributed by atoms with Crippen LogP contribution in [-0.2, 0) is 32.6 Å². The zero-order valence-electron chi connectivity index (χ0n) is 23.9. The van der Waals surface area contributed by atoms with Crippen molar-refractivity contribution in [2.45, 2.75) is 50.7 Å². The second-order valence-electron chi connectivity index (χ2n) is 10.6. The van der Waals surface area contributed by atoms with Crippen molar-refractivity contribution in [3.8, 4) is 5.75 Å². The fraction of sp³-hybridized carbons (Fsp3) is 0.355. The number of carbonyl (C=O) groups excluding carboxylic acids is 2. The summed E-state index contributed by atoms with van der Waals surface area (Å²) in [7, 11) is -2.60. The van der Waals surface area contributed by atoms with Crippen LogP contribution in [0.4, 0.5) is 5.69 Å². The lowest BCUT2D eigenvalue weighted by Crippen LogP contribution is -2.54. The summed E-state index contributed by atoms with van der Waals surface area (Å²) in [5, 5.41) is 4.04. The number of rotatable bonds is 12. The highest BCUT2D eigenvalue weighted by Gasteiger charge is 2.35. The number of nitrogens with one attached hydrogen (secondary N) is 1. The van der Waals surface area contributed by atoms with Gasteiger partial charge in [-0.3, -0.25) is 13.9 Å². The number of methoxy groups -OCH3 is 1. The zero-order chi connectivity index (χ0) is 31.1. The first-order valence-corrected chi connectivity index (χ1v) is 16.8. The number of anilines is 1. The molecule has 43 heavy (non-hydrogen) atoms. The van der Waals surface area contributed by atoms with Crippen LogP contribution in [0.5, 0.6) is 5.75 Å². The highest BCUT2D eigenvalue weighted by molar-refractivity contribution is 7.92. The van der Waals surface area contributed by atoms with Gasteiger partial charge in [-0.15, -0.1) is 0 Å². The van der Waals surface area contributed by atoms with E-state index in [9.17, 15) is 18.0 Å². The molecule has 0 bridgehead atoms. The molecule has 1 atom stereocenters. The summed E-state index contributed by atoms with van der Waals surface area (Å²) in [5.74, 6) is -0.685. The molecule has 0 heterocycles. The van der Waals surface area contributed by atoms with Gasteiger partial charge in [0.15, 0.2) is 0 Å². The normalized spacial score (nSPS) is 14.3. The van der Waals surface area contributed by atoms with E-state index in [1.807, 2.05) is 30.3 Å². The van der Waals surface area contributed by atoms with Crippen molar-refractivity contribution in [1.29, 1.82) is 0 Å². The average Bonchev–Trinajstić information content (AvgIpc) is 3.48. The molecule has 1 unspecified atom stereocenters. The van der Waals surface area contributed by atoms with Gasteiger partial charge in [0.05, 0.1) is 29.1 Å². The molecule has 1 N–H and O–H groups in total. The second-order valence-corrected chi connectivity index (χ2v) is 13.7. The molecule has 3 aromatic carbocycles. The summed E-state index contributed by atoms with van der Waals surface area (Å²) in [6, 6.07) is 17.9. The Morgan fingerprint density at radius 2 is 1.65 bits per heavy atom. The SMILES string of the molecule is COc1ccc(Cl)cc1N(CC(=O)N(Cc1ccc(Cl)c(Cl)c1)C(Cc1ccccc1)C(=O)NC1CCCC1)S(C)(=O)=O. The number of hydrogen-bond acceptors (Lipinski definition) is 5. The maximum Gasteiger partial charge on any atom is 0.244 e. The molecule has 0 aromatic heterocycles. The van der Waals surface area contributed by atoms with E-state index in [0.29, 0.717) is 15.6 Å². The minimum Gasteiger partial charge on any atom is -0.495 e. The summed E-state index contributed by atoms with van der Waals surface area (Å²) >= 11 is 18.7. The molecule has 8 nitrogen and oxygen atoms in total. The summed E-state index contributed by atoms with van der Waals surface area (Å²) in [5.41, 5.74) is 1.58. The van der Waals surface area contributed by atoms with Gasteiger partial charge in [0.1, 0.15) is 18.3 Å². The molecule has 3 aromatic rings. The van der Waals surface area contributed by atoms with Crippen molar-refractivity contribution in [3.63, 3.8) is 0 Å². The van der Waals surface area contributed by atoms with E-state index < -0.39 is 28.5 Å². The average molecular weight is 667 g/mol. The van der Waals surface area contributed by atoms with Crippen LogP contribution in [0.15, 0.2) is 66.7 Å². The molecule has 0 radical (unpaired) electrons. The Hall–Kier alpha value is -2.98. The quantitative estimate of drug-likeness (QED) is 0.251. The Labute approximate surface area is 267 Å². The van der Waals surface area contributed by atoms with Crippen molar-refractivity contribution in [2.24, 2.45) is 0 Å². The van der Waals surface area contributed by atoms with Gasteiger partial charge in [-0.1, -0.05) is 84.0 Å². The number of hydrogen-bond donors (Lipinski definition) is 1. The molecule has 1 aliphatic carbocycles. The third-order valence-electron chi connectivity index (χ3n) is 7.40. The molecular formula is C31H34Cl3N3O5S. The predicted octanol–water partition coefficient (Wildman–Crippen LogP) is 6.12. The number of carbonyl (C=O) groups is 2. The van der Waals surface area contributed by atoms with E-state index in [1.54, 1.807) is 24.3 Å². The molecule has 4 rings (SSSR count). The molecule has 230 valence electrons. The van der Waals surface area contributed by atoms with Gasteiger partial charge in [0, 0.05) is 24.0 Å². The van der Waals surface area contributed by atoms with Crippen LogP contribution in [0.3, 0.4) is 0 Å². The molecule has 2 amide bonds. The van der Waals surface area contributed by atoms with E-state index in [2.05, 4.69) is 5.32 Å². The highest BCUT2D eigenvalue weighted by atomic mass is 35.5. The monoisotopic (exact) mass is 665 g/mol. The lowest BCUT2D eigenvalue weighted by Gasteiger charge is -2.34. The van der Waals surface area contributed by atoms with E-state index in [1.165, 1.54) is 24.1 Å². The molecule has 0 saturated heterocycles. The van der Waals surface area contributed by atoms with E-state index in [-0.39, 0.29) is 41.4 Å². The highest BCUT2D eigenvalue weighted by Crippen LogP contribution is 2.33. The van der Waals surface area contributed by atoms with Crippen LogP contribution in [0.2, 0.25) is 15.1 Å². The largest absolute Gasteiger partial charge is 0.495 e. The Morgan fingerprint density at radius 1 is 0.953 bits per heavy atom. The van der Waals surface area contributed by atoms with Gasteiger partial charge >= 0.3 is 0 Å². The summed E-state index contributed by atoms with van der Waals surface area (Å²) in [6.45, 7) is -0.617. The summed E-state index contributed by atoms with van der Waals surface area (Å²) in [6.07, 6.45) is 4.97. The fourth-order valence-electron chi connectivity index (χ4n) is 5.21. The number of sulfonamides is 1. The number of benzene rings is 3. The number of ether oxygens (including phenoxy) is 1. The smallest absolute Gasteiger partial charge is 0.244 e. The van der Waals surface area contributed by atoms with E-state index >= 15 is 0 Å². The third kappa shape index (κ3) is 8.79.